The molecule has 0 radical (unpaired) electrons. The number of aliphatic hydroxyl groups is 4. The van der Waals surface area contributed by atoms with Gasteiger partial charge in [0.2, 0.25) is 0 Å². The lowest BCUT2D eigenvalue weighted by atomic mass is 9.78. The van der Waals surface area contributed by atoms with Gasteiger partial charge in [0.15, 0.2) is 11.9 Å². The van der Waals surface area contributed by atoms with Crippen LogP contribution in [0.25, 0.3) is 0 Å². The van der Waals surface area contributed by atoms with Crippen LogP contribution < -0.4 is 0 Å². The van der Waals surface area contributed by atoms with E-state index < -0.39 is 67.0 Å². The maximum absolute atomic E-state index is 12.7. The predicted octanol–water partition coefficient (Wildman–Crippen LogP) is -0.522. The third-order valence-corrected chi connectivity index (χ3v) is 9.01. The fourth-order valence-corrected chi connectivity index (χ4v) is 7.25. The topological polar surface area (TPSA) is 208 Å². The summed E-state index contributed by atoms with van der Waals surface area (Å²) < 4.78 is 81.4. The quantitative estimate of drug-likeness (QED) is 0.219. The van der Waals surface area contributed by atoms with Crippen molar-refractivity contribution in [3.63, 3.8) is 0 Å². The summed E-state index contributed by atoms with van der Waals surface area (Å²) in [5.74, 6) is 0. The van der Waals surface area contributed by atoms with E-state index in [0.717, 1.165) is 0 Å². The molecule has 1 heterocycles. The first-order valence-corrected chi connectivity index (χ1v) is 13.7. The number of benzene rings is 2. The van der Waals surface area contributed by atoms with Gasteiger partial charge in [0.1, 0.15) is 6.10 Å². The van der Waals surface area contributed by atoms with E-state index in [9.17, 15) is 46.4 Å². The van der Waals surface area contributed by atoms with Crippen LogP contribution in [0.3, 0.4) is 0 Å². The monoisotopic (exact) mass is 548 g/mol. The Balaban J connectivity index is 2.29. The molecule has 1 saturated heterocycles. The molecule has 1 aliphatic heterocycles. The van der Waals surface area contributed by atoms with E-state index >= 15 is 0 Å². The van der Waals surface area contributed by atoms with Gasteiger partial charge in [0.25, 0.3) is 9.87 Å². The van der Waals surface area contributed by atoms with E-state index in [1.54, 1.807) is 24.3 Å². The van der Waals surface area contributed by atoms with Crippen LogP contribution in [0.5, 0.6) is 0 Å². The number of ether oxygens (including phenoxy) is 2. The van der Waals surface area contributed by atoms with Crippen LogP contribution in [0.2, 0.25) is 0 Å². The lowest BCUT2D eigenvalue weighted by Gasteiger charge is -2.57. The molecule has 3 rings (SSSR count). The van der Waals surface area contributed by atoms with Crippen molar-refractivity contribution in [2.45, 2.75) is 53.7 Å². The Bertz CT molecular complexity index is 1250. The van der Waals surface area contributed by atoms with Gasteiger partial charge in [-0.1, -0.05) is 60.7 Å². The molecule has 12 nitrogen and oxygen atoms in total. The summed E-state index contributed by atoms with van der Waals surface area (Å²) in [7, 11) is -12.3. The zero-order valence-corrected chi connectivity index (χ0v) is 20.7. The molecular formula is C22H28O12S2. The average molecular weight is 549 g/mol. The fourth-order valence-electron chi connectivity index (χ4n) is 4.48. The minimum atomic E-state index is -6.19. The minimum Gasteiger partial charge on any atom is -0.390 e. The maximum Gasteiger partial charge on any atom is 0.302 e. The molecule has 1 fully saturated rings. The van der Waals surface area contributed by atoms with Crippen molar-refractivity contribution in [3.8, 4) is 0 Å². The highest BCUT2D eigenvalue weighted by molar-refractivity contribution is 7.91. The van der Waals surface area contributed by atoms with Crippen molar-refractivity contribution in [2.75, 3.05) is 6.61 Å². The van der Waals surface area contributed by atoms with E-state index in [4.69, 9.17) is 9.47 Å². The third-order valence-electron chi connectivity index (χ3n) is 6.16. The Morgan fingerprint density at radius 2 is 1.39 bits per heavy atom. The number of hydrogen-bond donors (Lipinski definition) is 6. The molecule has 1 unspecified atom stereocenters. The van der Waals surface area contributed by atoms with Gasteiger partial charge in [-0.25, -0.2) is 0 Å². The summed E-state index contributed by atoms with van der Waals surface area (Å²) in [6.07, 6.45) is -8.34. The molecule has 36 heavy (non-hydrogen) atoms. The van der Waals surface area contributed by atoms with Crippen LogP contribution in [0, 0.1) is 0 Å². The van der Waals surface area contributed by atoms with Gasteiger partial charge in [-0.05, 0) is 18.1 Å². The number of hydrogen-bond acceptors (Lipinski definition) is 10. The molecule has 200 valence electrons. The van der Waals surface area contributed by atoms with Crippen molar-refractivity contribution < 1.29 is 55.8 Å². The second kappa shape index (κ2) is 10.1. The van der Waals surface area contributed by atoms with Crippen LogP contribution in [-0.2, 0) is 42.6 Å². The Morgan fingerprint density at radius 1 is 0.889 bits per heavy atom. The molecule has 6 N–H and O–H groups in total. The lowest BCUT2D eigenvalue weighted by molar-refractivity contribution is -0.369. The van der Waals surface area contributed by atoms with Crippen LogP contribution in [-0.4, -0.2) is 86.9 Å². The van der Waals surface area contributed by atoms with Crippen LogP contribution in [0.4, 0.5) is 0 Å². The van der Waals surface area contributed by atoms with Crippen LogP contribution in [0.1, 0.15) is 18.1 Å². The zero-order chi connectivity index (χ0) is 27.0. The lowest BCUT2D eigenvalue weighted by Crippen LogP contribution is -2.86. The highest BCUT2D eigenvalue weighted by atomic mass is 32.2. The van der Waals surface area contributed by atoms with Crippen molar-refractivity contribution >= 4 is 20.2 Å². The van der Waals surface area contributed by atoms with E-state index in [1.165, 1.54) is 43.3 Å². The van der Waals surface area contributed by atoms with E-state index in [1.807, 2.05) is 0 Å². The van der Waals surface area contributed by atoms with Crippen molar-refractivity contribution in [2.24, 2.45) is 0 Å². The molecule has 0 saturated carbocycles. The Morgan fingerprint density at radius 3 is 1.83 bits per heavy atom. The Hall–Kier alpha value is -1.98. The molecule has 0 aliphatic carbocycles. The van der Waals surface area contributed by atoms with Crippen molar-refractivity contribution in [3.05, 3.63) is 71.8 Å². The molecule has 2 aromatic rings. The standard InChI is InChI=1S/C22H28O12S2/c1-2-33-19-20(24,14-16-11-7-4-8-12-16)22(26,36(30,31)32)21(25,35(27,28)29)18(34-19)17(23)13-15-9-5-3-6-10-15/h3-12,17-19,23-26H,2,13-14H2,1H3,(H,27,28,29)(H,30,31,32)/t17?,18-,19+,20+,21-,22+/m1/s1. The smallest absolute Gasteiger partial charge is 0.302 e. The number of rotatable bonds is 9. The molecule has 0 amide bonds. The highest BCUT2D eigenvalue weighted by Gasteiger charge is 2.84. The summed E-state index contributed by atoms with van der Waals surface area (Å²) in [6, 6.07) is 15.1. The Labute approximate surface area is 208 Å². The maximum atomic E-state index is 12.7. The zero-order valence-electron chi connectivity index (χ0n) is 19.1. The van der Waals surface area contributed by atoms with E-state index in [-0.39, 0.29) is 12.2 Å². The molecule has 0 bridgehead atoms. The molecule has 1 aliphatic rings. The summed E-state index contributed by atoms with van der Waals surface area (Å²) in [5, 5.41) is 45.3. The predicted molar refractivity (Wildman–Crippen MR) is 125 cm³/mol. The molecular weight excluding hydrogens is 520 g/mol. The Kier molecular flexibility index (Phi) is 7.99. The fraction of sp³-hybridized carbons (Fsp3) is 0.455. The number of aliphatic hydroxyl groups excluding tert-OH is 1. The van der Waals surface area contributed by atoms with Gasteiger partial charge < -0.3 is 29.9 Å². The first kappa shape index (κ1) is 28.6. The average Bonchev–Trinajstić information content (AvgIpc) is 2.79. The molecule has 0 aromatic heterocycles. The van der Waals surface area contributed by atoms with Crippen LogP contribution >= 0.6 is 0 Å². The first-order valence-electron chi connectivity index (χ1n) is 10.8. The molecule has 14 heteroatoms. The third kappa shape index (κ3) is 4.58. The van der Waals surface area contributed by atoms with Gasteiger partial charge in [0.05, 0.1) is 6.10 Å². The van der Waals surface area contributed by atoms with Crippen molar-refractivity contribution in [1.29, 1.82) is 0 Å². The van der Waals surface area contributed by atoms with E-state index in [0.29, 0.717) is 5.56 Å². The summed E-state index contributed by atoms with van der Waals surface area (Å²) in [5.41, 5.74) is -2.94. The van der Waals surface area contributed by atoms with Gasteiger partial charge in [-0.15, -0.1) is 0 Å². The van der Waals surface area contributed by atoms with Gasteiger partial charge >= 0.3 is 20.2 Å². The second-order valence-corrected chi connectivity index (χ2v) is 11.6. The molecule has 2 aromatic carbocycles. The highest BCUT2D eigenvalue weighted by Crippen LogP contribution is 2.52. The SMILES string of the molecule is CCO[C@H]1O[C@H](C(O)Cc2ccccc2)[C@@](O)(S(=O)(=O)O)[C@@](O)(S(=O)(=O)O)[C@]1(O)Cc1ccccc1. The molecule has 0 spiro atoms. The van der Waals surface area contributed by atoms with Crippen molar-refractivity contribution in [1.82, 2.24) is 0 Å². The molecule has 6 atom stereocenters. The van der Waals surface area contributed by atoms with Crippen LogP contribution in [0.15, 0.2) is 60.7 Å². The second-order valence-electron chi connectivity index (χ2n) is 8.48. The largest absolute Gasteiger partial charge is 0.390 e. The summed E-state index contributed by atoms with van der Waals surface area (Å²) in [4.78, 5) is -8.87. The summed E-state index contributed by atoms with van der Waals surface area (Å²) >= 11 is 0. The minimum absolute atomic E-state index is 0.108. The normalized spacial score (nSPS) is 32.2. The van der Waals surface area contributed by atoms with Gasteiger partial charge in [-0.2, -0.15) is 16.8 Å². The van der Waals surface area contributed by atoms with Gasteiger partial charge in [-0.3, -0.25) is 9.11 Å². The van der Waals surface area contributed by atoms with E-state index in [2.05, 4.69) is 0 Å². The summed E-state index contributed by atoms with van der Waals surface area (Å²) in [6.45, 7) is 1.12. The first-order chi connectivity index (χ1) is 16.6. The van der Waals surface area contributed by atoms with Gasteiger partial charge in [0, 0.05) is 19.4 Å².